The number of hydrogen-bond donors (Lipinski definition) is 2. The van der Waals surface area contributed by atoms with Crippen LogP contribution in [0.2, 0.25) is 0 Å². The highest BCUT2D eigenvalue weighted by Gasteiger charge is 2.13. The third-order valence-electron chi connectivity index (χ3n) is 5.07. The van der Waals surface area contributed by atoms with Gasteiger partial charge in [0, 0.05) is 22.4 Å². The van der Waals surface area contributed by atoms with Gasteiger partial charge in [0.05, 0.1) is 11.3 Å². The second-order valence-corrected chi connectivity index (χ2v) is 8.08. The van der Waals surface area contributed by atoms with Crippen LogP contribution in [0.4, 0.5) is 0 Å². The van der Waals surface area contributed by atoms with Gasteiger partial charge < -0.3 is 9.52 Å². The number of nitrogens with one attached hydrogen (secondary N) is 1. The van der Waals surface area contributed by atoms with Crippen LogP contribution < -0.4 is 5.55 Å². The molecule has 0 aliphatic heterocycles. The zero-order valence-electron chi connectivity index (χ0n) is 16.4. The molecule has 2 aromatic carbocycles. The Kier molecular flexibility index (Phi) is 5.76. The second kappa shape index (κ2) is 8.62. The van der Waals surface area contributed by atoms with E-state index >= 15 is 0 Å². The molecule has 2 N–H and O–H groups in total. The zero-order chi connectivity index (χ0) is 20.2. The standard InChI is InChI=1S/C24H24N2O2S/c1-2-3-4-6-11-17-12-18-13-19(23(25)28-22(18)14-21(17)27)24-26-20(15-29-24)16-9-7-5-8-10-16/h5,7-10,12-15,25,27H,2-4,6,11H2,1H3. The maximum atomic E-state index is 10.3. The molecule has 0 saturated carbocycles. The summed E-state index contributed by atoms with van der Waals surface area (Å²) in [5.74, 6) is 0.241. The van der Waals surface area contributed by atoms with Crippen LogP contribution in [-0.2, 0) is 6.42 Å². The molecule has 0 unspecified atom stereocenters. The van der Waals surface area contributed by atoms with Crippen LogP contribution in [0.25, 0.3) is 32.8 Å². The summed E-state index contributed by atoms with van der Waals surface area (Å²) in [4.78, 5) is 4.72. The van der Waals surface area contributed by atoms with Crippen molar-refractivity contribution in [3.8, 4) is 27.6 Å². The first-order valence-corrected chi connectivity index (χ1v) is 10.9. The average Bonchev–Trinajstić information content (AvgIpc) is 3.22. The highest BCUT2D eigenvalue weighted by atomic mass is 32.1. The summed E-state index contributed by atoms with van der Waals surface area (Å²) in [5, 5.41) is 22.3. The van der Waals surface area contributed by atoms with Crippen molar-refractivity contribution in [3.63, 3.8) is 0 Å². The summed E-state index contributed by atoms with van der Waals surface area (Å²) >= 11 is 1.51. The van der Waals surface area contributed by atoms with Crippen LogP contribution in [0, 0.1) is 5.41 Å². The van der Waals surface area contributed by atoms with Gasteiger partial charge in [-0.3, -0.25) is 5.41 Å². The van der Waals surface area contributed by atoms with Gasteiger partial charge in [0.25, 0.3) is 0 Å². The van der Waals surface area contributed by atoms with Gasteiger partial charge in [0.15, 0.2) is 0 Å². The molecule has 29 heavy (non-hydrogen) atoms. The molecular formula is C24H24N2O2S. The summed E-state index contributed by atoms with van der Waals surface area (Å²) in [6.45, 7) is 2.19. The monoisotopic (exact) mass is 404 g/mol. The number of thiazole rings is 1. The lowest BCUT2D eigenvalue weighted by Crippen LogP contribution is -2.03. The molecule has 0 saturated heterocycles. The first kappa shape index (κ1) is 19.4. The molecule has 2 heterocycles. The van der Waals surface area contributed by atoms with Crippen molar-refractivity contribution in [2.45, 2.75) is 39.0 Å². The number of nitrogens with zero attached hydrogens (tertiary/aromatic N) is 1. The Morgan fingerprint density at radius 1 is 1.07 bits per heavy atom. The number of rotatable bonds is 7. The largest absolute Gasteiger partial charge is 0.508 e. The molecule has 0 bridgehead atoms. The number of fused-ring (bicyclic) bond motifs is 1. The molecule has 0 aliphatic carbocycles. The van der Waals surface area contributed by atoms with Gasteiger partial charge in [-0.1, -0.05) is 56.5 Å². The smallest absolute Gasteiger partial charge is 0.222 e. The topological polar surface area (TPSA) is 70.1 Å². The molecule has 4 aromatic rings. The normalized spacial score (nSPS) is 11.2. The molecular weight excluding hydrogens is 380 g/mol. The van der Waals surface area contributed by atoms with E-state index in [9.17, 15) is 5.11 Å². The van der Waals surface area contributed by atoms with E-state index in [1.165, 1.54) is 24.2 Å². The second-order valence-electron chi connectivity index (χ2n) is 7.22. The minimum Gasteiger partial charge on any atom is -0.508 e. The fraction of sp³-hybridized carbons (Fsp3) is 0.250. The van der Waals surface area contributed by atoms with Gasteiger partial charge in [0.1, 0.15) is 16.3 Å². The van der Waals surface area contributed by atoms with E-state index in [1.807, 2.05) is 47.8 Å². The van der Waals surface area contributed by atoms with E-state index in [1.54, 1.807) is 6.07 Å². The van der Waals surface area contributed by atoms with Crippen molar-refractivity contribution in [2.75, 3.05) is 0 Å². The zero-order valence-corrected chi connectivity index (χ0v) is 17.3. The summed E-state index contributed by atoms with van der Waals surface area (Å²) in [5.41, 5.74) is 4.13. The predicted octanol–water partition coefficient (Wildman–Crippen LogP) is 6.53. The molecule has 0 aliphatic rings. The van der Waals surface area contributed by atoms with Gasteiger partial charge in [0.2, 0.25) is 5.55 Å². The predicted molar refractivity (Wildman–Crippen MR) is 118 cm³/mol. The minimum absolute atomic E-state index is 0.0570. The average molecular weight is 405 g/mol. The molecule has 5 heteroatoms. The molecule has 0 radical (unpaired) electrons. The van der Waals surface area contributed by atoms with Gasteiger partial charge in [-0.05, 0) is 30.5 Å². The third-order valence-corrected chi connectivity index (χ3v) is 5.95. The maximum absolute atomic E-state index is 10.3. The maximum Gasteiger partial charge on any atom is 0.222 e. The summed E-state index contributed by atoms with van der Waals surface area (Å²) < 4.78 is 5.71. The highest BCUT2D eigenvalue weighted by molar-refractivity contribution is 7.13. The quantitative estimate of drug-likeness (QED) is 0.344. The highest BCUT2D eigenvalue weighted by Crippen LogP contribution is 2.31. The fourth-order valence-corrected chi connectivity index (χ4v) is 4.30. The fourth-order valence-electron chi connectivity index (χ4n) is 3.46. The van der Waals surface area contributed by atoms with Crippen LogP contribution >= 0.6 is 11.3 Å². The Morgan fingerprint density at radius 2 is 1.90 bits per heavy atom. The van der Waals surface area contributed by atoms with E-state index in [-0.39, 0.29) is 11.3 Å². The third kappa shape index (κ3) is 4.25. The van der Waals surface area contributed by atoms with Crippen molar-refractivity contribution in [2.24, 2.45) is 0 Å². The van der Waals surface area contributed by atoms with Gasteiger partial charge in [-0.2, -0.15) is 0 Å². The van der Waals surface area contributed by atoms with Crippen LogP contribution in [-0.4, -0.2) is 10.1 Å². The van der Waals surface area contributed by atoms with E-state index in [2.05, 4.69) is 6.92 Å². The Balaban J connectivity index is 1.68. The van der Waals surface area contributed by atoms with Crippen molar-refractivity contribution < 1.29 is 9.52 Å². The number of hydrogen-bond acceptors (Lipinski definition) is 5. The van der Waals surface area contributed by atoms with E-state index < -0.39 is 0 Å². The number of aryl methyl sites for hydroxylation is 1. The van der Waals surface area contributed by atoms with E-state index in [0.29, 0.717) is 11.1 Å². The lowest BCUT2D eigenvalue weighted by atomic mass is 10.0. The first-order valence-electron chi connectivity index (χ1n) is 10.0. The summed E-state index contributed by atoms with van der Waals surface area (Å²) in [6.07, 6.45) is 5.47. The molecule has 4 rings (SSSR count). The van der Waals surface area contributed by atoms with Gasteiger partial charge >= 0.3 is 0 Å². The Morgan fingerprint density at radius 3 is 2.69 bits per heavy atom. The minimum atomic E-state index is 0.0570. The van der Waals surface area contributed by atoms with Crippen LogP contribution in [0.5, 0.6) is 5.75 Å². The lowest BCUT2D eigenvalue weighted by Gasteiger charge is -2.08. The lowest BCUT2D eigenvalue weighted by molar-refractivity contribution is 0.463. The molecule has 0 fully saturated rings. The number of unbranched alkanes of at least 4 members (excludes halogenated alkanes) is 3. The van der Waals surface area contributed by atoms with Gasteiger partial charge in [-0.15, -0.1) is 11.3 Å². The van der Waals surface area contributed by atoms with Crippen molar-refractivity contribution in [3.05, 3.63) is 65.0 Å². The Hall–Kier alpha value is -2.92. The number of aromatic nitrogens is 1. The van der Waals surface area contributed by atoms with E-state index in [4.69, 9.17) is 14.8 Å². The van der Waals surface area contributed by atoms with Gasteiger partial charge in [-0.25, -0.2) is 4.98 Å². The molecule has 2 aromatic heterocycles. The Labute approximate surface area is 174 Å². The van der Waals surface area contributed by atoms with E-state index in [0.717, 1.165) is 46.5 Å². The number of benzene rings is 2. The Bertz CT molecular complexity index is 1180. The van der Waals surface area contributed by atoms with Crippen LogP contribution in [0.1, 0.15) is 38.2 Å². The SMILES string of the molecule is CCCCCCc1cc2cc(-c3nc(-c4ccccc4)cs3)c(=N)oc2cc1O. The molecule has 0 amide bonds. The molecule has 0 atom stereocenters. The van der Waals surface area contributed by atoms with Crippen LogP contribution in [0.3, 0.4) is 0 Å². The van der Waals surface area contributed by atoms with Crippen LogP contribution in [0.15, 0.2) is 58.3 Å². The molecule has 4 nitrogen and oxygen atoms in total. The molecule has 0 spiro atoms. The van der Waals surface area contributed by atoms with Crippen molar-refractivity contribution in [1.29, 1.82) is 5.41 Å². The first-order chi connectivity index (χ1) is 14.2. The number of phenols is 1. The van der Waals surface area contributed by atoms with Crippen molar-refractivity contribution in [1.82, 2.24) is 4.98 Å². The summed E-state index contributed by atoms with van der Waals surface area (Å²) in [7, 11) is 0. The molecule has 148 valence electrons. The number of phenolic OH excluding ortho intramolecular Hbond substituents is 1. The van der Waals surface area contributed by atoms with Crippen molar-refractivity contribution >= 4 is 22.3 Å². The summed E-state index contributed by atoms with van der Waals surface area (Å²) in [6, 6.07) is 15.6. The number of aromatic hydroxyl groups is 1.